The van der Waals surface area contributed by atoms with Crippen LogP contribution in [0.25, 0.3) is 0 Å². The first-order chi connectivity index (χ1) is 12.3. The van der Waals surface area contributed by atoms with Crippen molar-refractivity contribution in [3.05, 3.63) is 47.8 Å². The Hall–Kier alpha value is -2.30. The summed E-state index contributed by atoms with van der Waals surface area (Å²) in [5.74, 6) is 0.186. The number of nitrogens with zero attached hydrogens (tertiary/aromatic N) is 4. The first-order valence-electron chi connectivity index (χ1n) is 9.42. The van der Waals surface area contributed by atoms with Crippen LogP contribution in [0.1, 0.15) is 30.5 Å². The summed E-state index contributed by atoms with van der Waals surface area (Å²) in [6.45, 7) is 3.73. The first-order valence-corrected chi connectivity index (χ1v) is 9.42. The number of para-hydroxylation sites is 1. The van der Waals surface area contributed by atoms with E-state index in [-0.39, 0.29) is 5.91 Å². The summed E-state index contributed by atoms with van der Waals surface area (Å²) in [5, 5.41) is 4.67. The molecule has 132 valence electrons. The van der Waals surface area contributed by atoms with E-state index in [1.54, 1.807) is 0 Å². The van der Waals surface area contributed by atoms with Crippen molar-refractivity contribution >= 4 is 11.6 Å². The monoisotopic (exact) mass is 338 g/mol. The summed E-state index contributed by atoms with van der Waals surface area (Å²) in [6.07, 6.45) is 8.03. The van der Waals surface area contributed by atoms with Gasteiger partial charge in [0.2, 0.25) is 5.91 Å². The number of anilines is 1. The van der Waals surface area contributed by atoms with Crippen LogP contribution in [0.2, 0.25) is 0 Å². The minimum atomic E-state index is 0.186. The summed E-state index contributed by atoms with van der Waals surface area (Å²) in [4.78, 5) is 17.0. The smallest absolute Gasteiger partial charge is 0.244 e. The molecular weight excluding hydrogens is 312 g/mol. The number of amides is 1. The van der Waals surface area contributed by atoms with Gasteiger partial charge >= 0.3 is 0 Å². The number of benzene rings is 1. The maximum atomic E-state index is 12.6. The molecule has 0 unspecified atom stereocenters. The molecule has 1 saturated heterocycles. The summed E-state index contributed by atoms with van der Waals surface area (Å²) < 4.78 is 1.86. The van der Waals surface area contributed by atoms with Crippen molar-refractivity contribution in [3.8, 4) is 0 Å². The highest BCUT2D eigenvalue weighted by atomic mass is 16.2. The van der Waals surface area contributed by atoms with Gasteiger partial charge in [-0.05, 0) is 43.4 Å². The molecule has 1 amide bonds. The average molecular weight is 338 g/mol. The van der Waals surface area contributed by atoms with E-state index in [0.29, 0.717) is 6.54 Å². The van der Waals surface area contributed by atoms with Gasteiger partial charge in [-0.1, -0.05) is 24.6 Å². The molecule has 1 aliphatic heterocycles. The fraction of sp³-hybridized carbons (Fsp3) is 0.500. The lowest BCUT2D eigenvalue weighted by atomic mass is 10.1. The van der Waals surface area contributed by atoms with Gasteiger partial charge < -0.3 is 9.80 Å². The zero-order chi connectivity index (χ0) is 17.1. The third-order valence-electron chi connectivity index (χ3n) is 5.34. The summed E-state index contributed by atoms with van der Waals surface area (Å²) >= 11 is 0. The Labute approximate surface area is 149 Å². The van der Waals surface area contributed by atoms with E-state index in [1.165, 1.54) is 36.2 Å². The van der Waals surface area contributed by atoms with Gasteiger partial charge in [-0.3, -0.25) is 9.48 Å². The van der Waals surface area contributed by atoms with Crippen LogP contribution in [0.3, 0.4) is 0 Å². The molecule has 1 aliphatic carbocycles. The number of aryl methyl sites for hydroxylation is 2. The average Bonchev–Trinajstić information content (AvgIpc) is 2.90. The van der Waals surface area contributed by atoms with Crippen LogP contribution >= 0.6 is 0 Å². The predicted octanol–water partition coefficient (Wildman–Crippen LogP) is 2.50. The van der Waals surface area contributed by atoms with E-state index in [1.807, 2.05) is 15.6 Å². The van der Waals surface area contributed by atoms with Gasteiger partial charge in [-0.2, -0.15) is 5.10 Å². The molecule has 5 nitrogen and oxygen atoms in total. The Balaban J connectivity index is 1.33. The van der Waals surface area contributed by atoms with E-state index >= 15 is 0 Å². The van der Waals surface area contributed by atoms with Crippen LogP contribution in [-0.2, 0) is 24.2 Å². The molecule has 1 aromatic heterocycles. The molecule has 0 atom stereocenters. The summed E-state index contributed by atoms with van der Waals surface area (Å²) in [7, 11) is 0. The van der Waals surface area contributed by atoms with E-state index in [4.69, 9.17) is 0 Å². The quantitative estimate of drug-likeness (QED) is 0.808. The van der Waals surface area contributed by atoms with Crippen LogP contribution < -0.4 is 4.90 Å². The van der Waals surface area contributed by atoms with Crippen molar-refractivity contribution in [1.82, 2.24) is 14.7 Å². The number of piperazine rings is 1. The predicted molar refractivity (Wildman–Crippen MR) is 98.7 cm³/mol. The molecule has 5 heteroatoms. The molecule has 1 aromatic carbocycles. The van der Waals surface area contributed by atoms with Gasteiger partial charge in [0.25, 0.3) is 0 Å². The molecule has 4 rings (SSSR count). The zero-order valence-corrected chi connectivity index (χ0v) is 14.7. The van der Waals surface area contributed by atoms with Gasteiger partial charge in [0.1, 0.15) is 6.54 Å². The number of aromatic nitrogens is 2. The molecule has 25 heavy (non-hydrogen) atoms. The SMILES string of the molecule is O=C(Cn1cc2c(n1)CCCCC2)N1CCN(c2ccccc2)CC1. The highest BCUT2D eigenvalue weighted by Crippen LogP contribution is 2.19. The molecule has 0 saturated carbocycles. The van der Waals surface area contributed by atoms with Gasteiger partial charge in [-0.25, -0.2) is 0 Å². The van der Waals surface area contributed by atoms with Crippen LogP contribution in [0.4, 0.5) is 5.69 Å². The molecule has 0 N–H and O–H groups in total. The van der Waals surface area contributed by atoms with Crippen LogP contribution in [0, 0.1) is 0 Å². The normalized spacial score (nSPS) is 17.9. The standard InChI is InChI=1S/C20H26N4O/c25-20(16-24-15-17-7-3-1-6-10-19(17)21-24)23-13-11-22(12-14-23)18-8-4-2-5-9-18/h2,4-5,8-9,15H,1,3,6-7,10-14,16H2. The van der Waals surface area contributed by atoms with Gasteiger partial charge in [0.05, 0.1) is 5.69 Å². The molecule has 2 aliphatic rings. The summed E-state index contributed by atoms with van der Waals surface area (Å²) in [5.41, 5.74) is 3.80. The van der Waals surface area contributed by atoms with E-state index in [2.05, 4.69) is 40.5 Å². The third kappa shape index (κ3) is 3.70. The second-order valence-electron chi connectivity index (χ2n) is 7.06. The number of carbonyl (C=O) groups is 1. The highest BCUT2D eigenvalue weighted by Gasteiger charge is 2.22. The highest BCUT2D eigenvalue weighted by molar-refractivity contribution is 5.76. The molecule has 0 bridgehead atoms. The maximum Gasteiger partial charge on any atom is 0.244 e. The van der Waals surface area contributed by atoms with Crippen molar-refractivity contribution in [1.29, 1.82) is 0 Å². The largest absolute Gasteiger partial charge is 0.368 e. The van der Waals surface area contributed by atoms with Crippen LogP contribution in [0.15, 0.2) is 36.5 Å². The van der Waals surface area contributed by atoms with Crippen molar-refractivity contribution in [2.75, 3.05) is 31.1 Å². The fourth-order valence-corrected chi connectivity index (χ4v) is 3.88. The lowest BCUT2D eigenvalue weighted by Crippen LogP contribution is -2.49. The van der Waals surface area contributed by atoms with E-state index in [0.717, 1.165) is 39.0 Å². The Morgan fingerprint density at radius 3 is 2.52 bits per heavy atom. The molecular formula is C20H26N4O. The zero-order valence-electron chi connectivity index (χ0n) is 14.7. The first kappa shape index (κ1) is 16.2. The molecule has 2 aromatic rings. The number of rotatable bonds is 3. The Morgan fingerprint density at radius 2 is 1.72 bits per heavy atom. The van der Waals surface area contributed by atoms with Gasteiger partial charge in [0, 0.05) is 38.1 Å². The second kappa shape index (κ2) is 7.30. The Morgan fingerprint density at radius 1 is 0.960 bits per heavy atom. The topological polar surface area (TPSA) is 41.4 Å². The number of hydrogen-bond acceptors (Lipinski definition) is 3. The lowest BCUT2D eigenvalue weighted by Gasteiger charge is -2.36. The minimum absolute atomic E-state index is 0.186. The van der Waals surface area contributed by atoms with Crippen molar-refractivity contribution in [2.45, 2.75) is 38.6 Å². The number of fused-ring (bicyclic) bond motifs is 1. The Bertz CT molecular complexity index is 693. The van der Waals surface area contributed by atoms with Crippen molar-refractivity contribution in [3.63, 3.8) is 0 Å². The van der Waals surface area contributed by atoms with E-state index in [9.17, 15) is 4.79 Å². The van der Waals surface area contributed by atoms with Crippen molar-refractivity contribution < 1.29 is 4.79 Å². The summed E-state index contributed by atoms with van der Waals surface area (Å²) in [6, 6.07) is 10.4. The second-order valence-corrected chi connectivity index (χ2v) is 7.06. The third-order valence-corrected chi connectivity index (χ3v) is 5.34. The van der Waals surface area contributed by atoms with Crippen LogP contribution in [0.5, 0.6) is 0 Å². The minimum Gasteiger partial charge on any atom is -0.368 e. The molecule has 1 fully saturated rings. The maximum absolute atomic E-state index is 12.6. The van der Waals surface area contributed by atoms with E-state index < -0.39 is 0 Å². The van der Waals surface area contributed by atoms with Crippen LogP contribution in [-0.4, -0.2) is 46.8 Å². The van der Waals surface area contributed by atoms with Gasteiger partial charge in [-0.15, -0.1) is 0 Å². The van der Waals surface area contributed by atoms with Gasteiger partial charge in [0.15, 0.2) is 0 Å². The lowest BCUT2D eigenvalue weighted by molar-refractivity contribution is -0.132. The number of carbonyl (C=O) groups excluding carboxylic acids is 1. The fourth-order valence-electron chi connectivity index (χ4n) is 3.88. The van der Waals surface area contributed by atoms with Crippen molar-refractivity contribution in [2.24, 2.45) is 0 Å². The molecule has 2 heterocycles. The molecule has 0 radical (unpaired) electrons. The Kier molecular flexibility index (Phi) is 4.72. The number of hydrogen-bond donors (Lipinski definition) is 0. The molecule has 0 spiro atoms.